The molecule has 5 atom stereocenters. The third-order valence-electron chi connectivity index (χ3n) is 5.23. The van der Waals surface area contributed by atoms with Crippen molar-refractivity contribution < 1.29 is 24.1 Å². The maximum absolute atomic E-state index is 14.7. The average Bonchev–Trinajstić information content (AvgIpc) is 3.10. The van der Waals surface area contributed by atoms with Gasteiger partial charge in [-0.15, -0.1) is 0 Å². The van der Waals surface area contributed by atoms with E-state index in [2.05, 4.69) is 6.92 Å². The molecule has 0 aromatic rings. The Labute approximate surface area is 178 Å². The number of aliphatic carboxylic acids is 1. The Hall–Kier alpha value is -0.360. The monoisotopic (exact) mass is 378 g/mol. The van der Waals surface area contributed by atoms with Gasteiger partial charge in [-0.2, -0.15) is 0 Å². The first-order chi connectivity index (χ1) is 12.0. The van der Waals surface area contributed by atoms with Crippen molar-refractivity contribution in [2.45, 2.75) is 83.1 Å². The zero-order valence-corrected chi connectivity index (χ0v) is 15.1. The first kappa shape index (κ1) is 23.7. The predicted octanol–water partition coefficient (Wildman–Crippen LogP) is 3.74. The molecule has 1 saturated carbocycles. The van der Waals surface area contributed by atoms with Gasteiger partial charge in [0.05, 0.1) is 6.10 Å². The first-order valence-corrected chi connectivity index (χ1v) is 9.61. The van der Waals surface area contributed by atoms with Gasteiger partial charge in [0.15, 0.2) is 6.17 Å². The summed E-state index contributed by atoms with van der Waals surface area (Å²) in [5.74, 6) is -0.528. The summed E-state index contributed by atoms with van der Waals surface area (Å²) >= 11 is 0. The number of fused-ring (bicyclic) bond motifs is 1. The van der Waals surface area contributed by atoms with E-state index in [4.69, 9.17) is 9.84 Å². The summed E-state index contributed by atoms with van der Waals surface area (Å²) in [6.07, 6.45) is 10.7. The molecule has 0 aromatic carbocycles. The van der Waals surface area contributed by atoms with Gasteiger partial charge >= 0.3 is 35.5 Å². The van der Waals surface area contributed by atoms with Crippen LogP contribution >= 0.6 is 0 Å². The molecule has 4 nitrogen and oxygen atoms in total. The molecule has 144 valence electrons. The van der Waals surface area contributed by atoms with Crippen molar-refractivity contribution in [2.24, 2.45) is 11.8 Å². The van der Waals surface area contributed by atoms with Gasteiger partial charge in [-0.25, -0.2) is 4.39 Å². The third kappa shape index (κ3) is 6.99. The van der Waals surface area contributed by atoms with Crippen molar-refractivity contribution in [3.63, 3.8) is 0 Å². The van der Waals surface area contributed by atoms with Crippen LogP contribution in [0.1, 0.15) is 64.7 Å². The molecule has 1 saturated heterocycles. The summed E-state index contributed by atoms with van der Waals surface area (Å²) in [6.45, 7) is 2.13. The van der Waals surface area contributed by atoms with E-state index in [-0.39, 0.29) is 53.9 Å². The van der Waals surface area contributed by atoms with Crippen molar-refractivity contribution in [3.8, 4) is 0 Å². The molecule has 0 bridgehead atoms. The molecule has 2 aliphatic rings. The topological polar surface area (TPSA) is 66.8 Å². The van der Waals surface area contributed by atoms with Crippen LogP contribution in [0.5, 0.6) is 0 Å². The molecule has 0 amide bonds. The molecule has 1 heterocycles. The molecule has 2 N–H and O–H groups in total. The van der Waals surface area contributed by atoms with Crippen molar-refractivity contribution in [3.05, 3.63) is 24.0 Å². The number of allylic oxidation sites excluding steroid dienone is 3. The molecule has 2 rings (SSSR count). The second-order valence-electron chi connectivity index (χ2n) is 7.22. The van der Waals surface area contributed by atoms with E-state index in [0.717, 1.165) is 38.5 Å². The van der Waals surface area contributed by atoms with Crippen molar-refractivity contribution in [2.75, 3.05) is 0 Å². The molecule has 0 aromatic heterocycles. The van der Waals surface area contributed by atoms with Crippen LogP contribution in [0.4, 0.5) is 4.39 Å². The molecular formula is C20H32FNaO4. The number of hydrogen-bond acceptors (Lipinski definition) is 3. The van der Waals surface area contributed by atoms with Crippen molar-refractivity contribution >= 4 is 35.5 Å². The van der Waals surface area contributed by atoms with Crippen LogP contribution in [0.25, 0.3) is 0 Å². The van der Waals surface area contributed by atoms with Gasteiger partial charge in [-0.05, 0) is 44.1 Å². The van der Waals surface area contributed by atoms with Crippen LogP contribution < -0.4 is 0 Å². The van der Waals surface area contributed by atoms with Crippen LogP contribution in [0.15, 0.2) is 24.0 Å². The summed E-state index contributed by atoms with van der Waals surface area (Å²) in [5.41, 5.74) is 0. The van der Waals surface area contributed by atoms with Gasteiger partial charge in [0.2, 0.25) is 0 Å². The zero-order valence-electron chi connectivity index (χ0n) is 15.1. The number of carbonyl (C=O) groups is 1. The van der Waals surface area contributed by atoms with Gasteiger partial charge in [0.1, 0.15) is 11.9 Å². The fourth-order valence-corrected chi connectivity index (χ4v) is 3.84. The fourth-order valence-electron chi connectivity index (χ4n) is 3.84. The standard InChI is InChI=1S/C20H31FO4.Na.H/c1-2-3-4-7-15(22)12-10-14-11-13-16-19(14)20(21)17(25-16)8-5-6-9-18(23)24;;/h8,10,12,14-16,19-20,22H,2-7,9,11,13H2,1H3,(H,23,24);;/b12-10+,17-8-;;/t14-,15-,16-,19+,20?;;/m0../s1. The summed E-state index contributed by atoms with van der Waals surface area (Å²) in [7, 11) is 0. The number of hydrogen-bond donors (Lipinski definition) is 2. The van der Waals surface area contributed by atoms with E-state index in [9.17, 15) is 14.3 Å². The Morgan fingerprint density at radius 2 is 2.12 bits per heavy atom. The number of ether oxygens (including phenoxy) is 1. The number of aliphatic hydroxyl groups excluding tert-OH is 1. The number of halogens is 1. The molecular weight excluding hydrogens is 346 g/mol. The van der Waals surface area contributed by atoms with Gasteiger partial charge in [0.25, 0.3) is 0 Å². The second kappa shape index (κ2) is 12.2. The molecule has 1 aliphatic carbocycles. The Bertz CT molecular complexity index is 494. The van der Waals surface area contributed by atoms with Gasteiger partial charge < -0.3 is 14.9 Å². The van der Waals surface area contributed by atoms with Gasteiger partial charge in [0, 0.05) is 12.3 Å². The quantitative estimate of drug-likeness (QED) is 0.345. The van der Waals surface area contributed by atoms with Gasteiger partial charge in [-0.1, -0.05) is 38.3 Å². The SMILES string of the molecule is CCCCC[C@H](O)/C=C/[C@H]1CC[C@@H]2O/C(=C\CCCC(=O)O)C(F)[C@@H]21.[NaH]. The zero-order chi connectivity index (χ0) is 18.2. The third-order valence-corrected chi connectivity index (χ3v) is 5.23. The van der Waals surface area contributed by atoms with E-state index in [1.807, 2.05) is 12.2 Å². The molecule has 0 radical (unpaired) electrons. The van der Waals surface area contributed by atoms with E-state index in [1.165, 1.54) is 0 Å². The molecule has 2 fully saturated rings. The predicted molar refractivity (Wildman–Crippen MR) is 102 cm³/mol. The van der Waals surface area contributed by atoms with Crippen LogP contribution in [-0.4, -0.2) is 64.1 Å². The number of carboxylic acid groups (broad SMARTS) is 1. The Morgan fingerprint density at radius 1 is 1.35 bits per heavy atom. The maximum atomic E-state index is 14.7. The van der Waals surface area contributed by atoms with Crippen LogP contribution in [0.2, 0.25) is 0 Å². The van der Waals surface area contributed by atoms with Gasteiger partial charge in [-0.3, -0.25) is 4.79 Å². The summed E-state index contributed by atoms with van der Waals surface area (Å²) < 4.78 is 20.5. The molecule has 6 heteroatoms. The molecule has 26 heavy (non-hydrogen) atoms. The van der Waals surface area contributed by atoms with Crippen LogP contribution in [-0.2, 0) is 9.53 Å². The van der Waals surface area contributed by atoms with E-state index >= 15 is 0 Å². The molecule has 0 spiro atoms. The summed E-state index contributed by atoms with van der Waals surface area (Å²) in [6, 6.07) is 0. The average molecular weight is 378 g/mol. The number of carboxylic acids is 1. The number of rotatable bonds is 10. The number of aliphatic hydroxyl groups is 1. The Balaban J connectivity index is 0.00000338. The minimum atomic E-state index is -1.12. The Morgan fingerprint density at radius 3 is 2.81 bits per heavy atom. The summed E-state index contributed by atoms with van der Waals surface area (Å²) in [4.78, 5) is 10.5. The molecule has 1 unspecified atom stereocenters. The van der Waals surface area contributed by atoms with Crippen molar-refractivity contribution in [1.29, 1.82) is 0 Å². The number of alkyl halides is 1. The number of unbranched alkanes of at least 4 members (excludes halogenated alkanes) is 3. The van der Waals surface area contributed by atoms with E-state index in [0.29, 0.717) is 18.6 Å². The molecule has 1 aliphatic heterocycles. The van der Waals surface area contributed by atoms with E-state index in [1.54, 1.807) is 6.08 Å². The summed E-state index contributed by atoms with van der Waals surface area (Å²) in [5, 5.41) is 18.7. The van der Waals surface area contributed by atoms with Crippen LogP contribution in [0, 0.1) is 11.8 Å². The van der Waals surface area contributed by atoms with Crippen molar-refractivity contribution in [1.82, 2.24) is 0 Å². The van der Waals surface area contributed by atoms with E-state index < -0.39 is 18.2 Å². The van der Waals surface area contributed by atoms with Crippen LogP contribution in [0.3, 0.4) is 0 Å². The normalized spacial score (nSPS) is 30.2. The second-order valence-corrected chi connectivity index (χ2v) is 7.22. The Kier molecular flexibility index (Phi) is 11.1. The minimum absolute atomic E-state index is 0. The first-order valence-electron chi connectivity index (χ1n) is 9.61. The fraction of sp³-hybridized carbons (Fsp3) is 0.750.